The number of hydrogen-bond donors (Lipinski definition) is 0. The van der Waals surface area contributed by atoms with Crippen molar-refractivity contribution in [2.45, 2.75) is 19.8 Å². The highest BCUT2D eigenvalue weighted by molar-refractivity contribution is 5.77. The Bertz CT molecular complexity index is 758. The first kappa shape index (κ1) is 14.3. The highest BCUT2D eigenvalue weighted by Crippen LogP contribution is 2.20. The molecular formula is C19H17NO2. The van der Waals surface area contributed by atoms with Crippen LogP contribution in [0, 0.1) is 6.92 Å². The second kappa shape index (κ2) is 6.39. The van der Waals surface area contributed by atoms with Crippen LogP contribution in [0.1, 0.15) is 27.4 Å². The summed E-state index contributed by atoms with van der Waals surface area (Å²) < 4.78 is 5.22. The van der Waals surface area contributed by atoms with Gasteiger partial charge in [-0.15, -0.1) is 0 Å². The van der Waals surface area contributed by atoms with Crippen LogP contribution in [0.25, 0.3) is 11.1 Å². The number of aldehydes is 1. The van der Waals surface area contributed by atoms with Gasteiger partial charge in [0.05, 0.1) is 11.3 Å². The lowest BCUT2D eigenvalue weighted by Crippen LogP contribution is -1.94. The van der Waals surface area contributed by atoms with E-state index in [2.05, 4.69) is 41.6 Å². The maximum atomic E-state index is 11.0. The van der Waals surface area contributed by atoms with Gasteiger partial charge in [0.2, 0.25) is 0 Å². The van der Waals surface area contributed by atoms with E-state index in [1.54, 1.807) is 6.92 Å². The van der Waals surface area contributed by atoms with Gasteiger partial charge in [-0.2, -0.15) is 0 Å². The maximum absolute atomic E-state index is 11.0. The number of aryl methyl sites for hydroxylation is 3. The minimum absolute atomic E-state index is 0.584. The van der Waals surface area contributed by atoms with E-state index in [1.165, 1.54) is 16.7 Å². The molecule has 0 N–H and O–H groups in total. The van der Waals surface area contributed by atoms with Crippen LogP contribution in [-0.4, -0.2) is 11.4 Å². The van der Waals surface area contributed by atoms with E-state index in [4.69, 9.17) is 4.52 Å². The van der Waals surface area contributed by atoms with E-state index in [0.717, 1.165) is 12.7 Å². The quantitative estimate of drug-likeness (QED) is 0.660. The van der Waals surface area contributed by atoms with Crippen LogP contribution in [0.3, 0.4) is 0 Å². The molecule has 0 saturated carbocycles. The van der Waals surface area contributed by atoms with Gasteiger partial charge in [0.25, 0.3) is 0 Å². The van der Waals surface area contributed by atoms with Gasteiger partial charge >= 0.3 is 0 Å². The predicted molar refractivity (Wildman–Crippen MR) is 85.9 cm³/mol. The zero-order chi connectivity index (χ0) is 15.4. The van der Waals surface area contributed by atoms with Gasteiger partial charge in [0.15, 0.2) is 6.29 Å². The van der Waals surface area contributed by atoms with Crippen molar-refractivity contribution >= 4 is 6.29 Å². The fourth-order valence-electron chi connectivity index (χ4n) is 2.51. The van der Waals surface area contributed by atoms with Crippen LogP contribution in [0.4, 0.5) is 0 Å². The summed E-state index contributed by atoms with van der Waals surface area (Å²) in [6.07, 6.45) is 2.32. The number of aromatic nitrogens is 1. The van der Waals surface area contributed by atoms with E-state index < -0.39 is 0 Å². The van der Waals surface area contributed by atoms with Crippen molar-refractivity contribution in [2.24, 2.45) is 0 Å². The maximum Gasteiger partial charge on any atom is 0.155 e. The Labute approximate surface area is 129 Å². The Morgan fingerprint density at radius 1 is 0.955 bits per heavy atom. The third kappa shape index (κ3) is 2.98. The molecule has 0 atom stereocenters. The van der Waals surface area contributed by atoms with Gasteiger partial charge in [-0.05, 0) is 30.0 Å². The molecular weight excluding hydrogens is 274 g/mol. The molecule has 0 fully saturated rings. The highest BCUT2D eigenvalue weighted by atomic mass is 16.5. The zero-order valence-electron chi connectivity index (χ0n) is 12.5. The van der Waals surface area contributed by atoms with Crippen LogP contribution >= 0.6 is 0 Å². The molecule has 1 aromatic heterocycles. The third-order valence-electron chi connectivity index (χ3n) is 3.80. The molecule has 22 heavy (non-hydrogen) atoms. The van der Waals surface area contributed by atoms with Gasteiger partial charge in [-0.25, -0.2) is 0 Å². The number of benzene rings is 2. The molecule has 2 aromatic carbocycles. The normalized spacial score (nSPS) is 10.6. The molecule has 0 saturated heterocycles. The van der Waals surface area contributed by atoms with Crippen LogP contribution in [0.2, 0.25) is 0 Å². The van der Waals surface area contributed by atoms with Crippen molar-refractivity contribution < 1.29 is 9.32 Å². The zero-order valence-corrected chi connectivity index (χ0v) is 12.5. The third-order valence-corrected chi connectivity index (χ3v) is 3.80. The first-order valence-electron chi connectivity index (χ1n) is 7.32. The Morgan fingerprint density at radius 2 is 1.64 bits per heavy atom. The Kier molecular flexibility index (Phi) is 4.15. The molecule has 0 spiro atoms. The molecule has 0 aliphatic carbocycles. The summed E-state index contributed by atoms with van der Waals surface area (Å²) in [5, 5.41) is 3.85. The van der Waals surface area contributed by atoms with Crippen molar-refractivity contribution in [2.75, 3.05) is 0 Å². The van der Waals surface area contributed by atoms with Gasteiger partial charge < -0.3 is 4.52 Å². The highest BCUT2D eigenvalue weighted by Gasteiger charge is 2.11. The second-order valence-corrected chi connectivity index (χ2v) is 5.29. The molecule has 0 unspecified atom stereocenters. The van der Waals surface area contributed by atoms with Crippen LogP contribution in [0.5, 0.6) is 0 Å². The summed E-state index contributed by atoms with van der Waals surface area (Å²) in [4.78, 5) is 11.0. The van der Waals surface area contributed by atoms with Crippen molar-refractivity contribution in [3.8, 4) is 11.1 Å². The molecule has 0 bridgehead atoms. The number of carbonyl (C=O) groups is 1. The van der Waals surface area contributed by atoms with E-state index in [0.29, 0.717) is 23.4 Å². The minimum Gasteiger partial charge on any atom is -0.360 e. The lowest BCUT2D eigenvalue weighted by Gasteiger charge is -2.04. The summed E-state index contributed by atoms with van der Waals surface area (Å²) in [5.74, 6) is 0.666. The topological polar surface area (TPSA) is 43.1 Å². The summed E-state index contributed by atoms with van der Waals surface area (Å²) >= 11 is 0. The van der Waals surface area contributed by atoms with E-state index >= 15 is 0 Å². The first-order valence-corrected chi connectivity index (χ1v) is 7.32. The number of hydrogen-bond acceptors (Lipinski definition) is 3. The number of carbonyl (C=O) groups excluding carboxylic acids is 1. The van der Waals surface area contributed by atoms with Gasteiger partial charge in [-0.3, -0.25) is 4.79 Å². The van der Waals surface area contributed by atoms with E-state index in [1.807, 2.05) is 18.2 Å². The molecule has 110 valence electrons. The Balaban J connectivity index is 1.70. The van der Waals surface area contributed by atoms with Crippen LogP contribution in [-0.2, 0) is 12.8 Å². The Hall–Kier alpha value is -2.68. The summed E-state index contributed by atoms with van der Waals surface area (Å²) in [6, 6.07) is 18.8. The second-order valence-electron chi connectivity index (χ2n) is 5.29. The standard InChI is InChI=1S/C19H17NO2/c1-14-18(13-21)19(22-20-14)12-9-15-7-10-17(11-8-15)16-5-3-2-4-6-16/h2-8,10-11,13H,9,12H2,1H3. The lowest BCUT2D eigenvalue weighted by atomic mass is 10.0. The van der Waals surface area contributed by atoms with E-state index in [9.17, 15) is 4.79 Å². The summed E-state index contributed by atoms with van der Waals surface area (Å²) in [6.45, 7) is 1.78. The molecule has 3 heteroatoms. The SMILES string of the molecule is Cc1noc(CCc2ccc(-c3ccccc3)cc2)c1C=O. The average molecular weight is 291 g/mol. The fourth-order valence-corrected chi connectivity index (χ4v) is 2.51. The predicted octanol–water partition coefficient (Wildman–Crippen LogP) is 4.25. The molecule has 1 heterocycles. The molecule has 0 radical (unpaired) electrons. The van der Waals surface area contributed by atoms with Gasteiger partial charge in [0, 0.05) is 6.42 Å². The largest absolute Gasteiger partial charge is 0.360 e. The van der Waals surface area contributed by atoms with Crippen molar-refractivity contribution in [3.05, 3.63) is 77.2 Å². The molecule has 3 nitrogen and oxygen atoms in total. The van der Waals surface area contributed by atoms with Crippen LogP contribution in [0.15, 0.2) is 59.1 Å². The molecule has 3 rings (SSSR count). The summed E-state index contributed by atoms with van der Waals surface area (Å²) in [7, 11) is 0. The Morgan fingerprint density at radius 3 is 2.32 bits per heavy atom. The monoisotopic (exact) mass is 291 g/mol. The fraction of sp³-hybridized carbons (Fsp3) is 0.158. The summed E-state index contributed by atoms with van der Waals surface area (Å²) in [5.41, 5.74) is 4.87. The molecule has 0 aliphatic heterocycles. The lowest BCUT2D eigenvalue weighted by molar-refractivity contribution is 0.112. The average Bonchev–Trinajstić information content (AvgIpc) is 2.94. The first-order chi connectivity index (χ1) is 10.8. The molecule has 3 aromatic rings. The van der Waals surface area contributed by atoms with Gasteiger partial charge in [-0.1, -0.05) is 59.8 Å². The van der Waals surface area contributed by atoms with Gasteiger partial charge in [0.1, 0.15) is 5.76 Å². The smallest absolute Gasteiger partial charge is 0.155 e. The van der Waals surface area contributed by atoms with Crippen molar-refractivity contribution in [1.82, 2.24) is 5.16 Å². The van der Waals surface area contributed by atoms with Crippen LogP contribution < -0.4 is 0 Å². The minimum atomic E-state index is 0.584. The molecule has 0 aliphatic rings. The van der Waals surface area contributed by atoms with Crippen molar-refractivity contribution in [3.63, 3.8) is 0 Å². The van der Waals surface area contributed by atoms with E-state index in [-0.39, 0.29) is 0 Å². The number of rotatable bonds is 5. The molecule has 0 amide bonds. The number of nitrogens with zero attached hydrogens (tertiary/aromatic N) is 1. The van der Waals surface area contributed by atoms with Crippen molar-refractivity contribution in [1.29, 1.82) is 0 Å².